The lowest BCUT2D eigenvalue weighted by Crippen LogP contribution is -2.01. The van der Waals surface area contributed by atoms with Gasteiger partial charge in [-0.3, -0.25) is 0 Å². The van der Waals surface area contributed by atoms with E-state index >= 15 is 0 Å². The SMILES string of the molecule is Cc1ccccc1COc1cc(Cl)c(O)c(C(=O)O)c1. The van der Waals surface area contributed by atoms with Crippen LogP contribution in [0.25, 0.3) is 0 Å². The quantitative estimate of drug-likeness (QED) is 0.903. The van der Waals surface area contributed by atoms with Gasteiger partial charge in [0.25, 0.3) is 0 Å². The van der Waals surface area contributed by atoms with Crippen LogP contribution in [-0.4, -0.2) is 16.2 Å². The van der Waals surface area contributed by atoms with Crippen molar-refractivity contribution in [3.05, 3.63) is 58.1 Å². The van der Waals surface area contributed by atoms with E-state index in [1.165, 1.54) is 12.1 Å². The summed E-state index contributed by atoms with van der Waals surface area (Å²) in [6.07, 6.45) is 0. The summed E-state index contributed by atoms with van der Waals surface area (Å²) in [5.41, 5.74) is 1.79. The van der Waals surface area contributed by atoms with Gasteiger partial charge in [0.2, 0.25) is 0 Å². The zero-order valence-corrected chi connectivity index (χ0v) is 11.5. The Morgan fingerprint density at radius 2 is 2.00 bits per heavy atom. The molecule has 5 heteroatoms. The first-order valence-electron chi connectivity index (χ1n) is 5.92. The maximum absolute atomic E-state index is 11.0. The number of carboxylic acid groups (broad SMARTS) is 1. The Kier molecular flexibility index (Phi) is 4.15. The van der Waals surface area contributed by atoms with Crippen LogP contribution in [0.5, 0.6) is 11.5 Å². The number of carbonyl (C=O) groups is 1. The van der Waals surface area contributed by atoms with Crippen LogP contribution in [0.2, 0.25) is 5.02 Å². The first-order chi connectivity index (χ1) is 9.49. The summed E-state index contributed by atoms with van der Waals surface area (Å²) < 4.78 is 5.54. The molecule has 2 rings (SSSR count). The molecule has 0 radical (unpaired) electrons. The Morgan fingerprint density at radius 3 is 2.65 bits per heavy atom. The zero-order chi connectivity index (χ0) is 14.7. The third-order valence-electron chi connectivity index (χ3n) is 2.92. The second-order valence-corrected chi connectivity index (χ2v) is 4.73. The second-order valence-electron chi connectivity index (χ2n) is 4.32. The molecule has 2 aromatic rings. The van der Waals surface area contributed by atoms with Gasteiger partial charge in [-0.25, -0.2) is 4.79 Å². The average molecular weight is 293 g/mol. The molecule has 0 amide bonds. The largest absolute Gasteiger partial charge is 0.505 e. The van der Waals surface area contributed by atoms with E-state index in [0.717, 1.165) is 11.1 Å². The zero-order valence-electron chi connectivity index (χ0n) is 10.8. The molecule has 0 spiro atoms. The molecule has 0 heterocycles. The van der Waals surface area contributed by atoms with E-state index in [-0.39, 0.29) is 10.6 Å². The van der Waals surface area contributed by atoms with Crippen molar-refractivity contribution in [1.82, 2.24) is 0 Å². The summed E-state index contributed by atoms with van der Waals surface area (Å²) in [5, 5.41) is 18.5. The molecular formula is C15H13ClO4. The lowest BCUT2D eigenvalue weighted by molar-refractivity contribution is 0.0693. The summed E-state index contributed by atoms with van der Waals surface area (Å²) in [6, 6.07) is 10.4. The molecule has 104 valence electrons. The van der Waals surface area contributed by atoms with Crippen molar-refractivity contribution in [2.75, 3.05) is 0 Å². The molecule has 0 aliphatic carbocycles. The van der Waals surface area contributed by atoms with Gasteiger partial charge < -0.3 is 14.9 Å². The number of hydrogen-bond acceptors (Lipinski definition) is 3. The Labute approximate surface area is 121 Å². The number of carboxylic acids is 1. The lowest BCUT2D eigenvalue weighted by Gasteiger charge is -2.10. The molecule has 0 aliphatic heterocycles. The van der Waals surface area contributed by atoms with Gasteiger partial charge in [-0.05, 0) is 24.1 Å². The van der Waals surface area contributed by atoms with Crippen LogP contribution in [0.3, 0.4) is 0 Å². The van der Waals surface area contributed by atoms with Crippen LogP contribution in [0.4, 0.5) is 0 Å². The Morgan fingerprint density at radius 1 is 1.30 bits per heavy atom. The van der Waals surface area contributed by atoms with E-state index in [1.54, 1.807) is 0 Å². The van der Waals surface area contributed by atoms with Gasteiger partial charge in [0.05, 0.1) is 5.02 Å². The third-order valence-corrected chi connectivity index (χ3v) is 3.21. The maximum atomic E-state index is 11.0. The second kappa shape index (κ2) is 5.84. The number of aromatic carboxylic acids is 1. The van der Waals surface area contributed by atoms with Crippen LogP contribution in [-0.2, 0) is 6.61 Å². The molecule has 2 N–H and O–H groups in total. The highest BCUT2D eigenvalue weighted by Crippen LogP contribution is 2.32. The minimum absolute atomic E-state index is 0.0512. The number of aromatic hydroxyl groups is 1. The van der Waals surface area contributed by atoms with Crippen molar-refractivity contribution in [3.63, 3.8) is 0 Å². The standard InChI is InChI=1S/C15H13ClO4/c1-9-4-2-3-5-10(9)8-20-11-6-12(15(18)19)14(17)13(16)7-11/h2-7,17H,8H2,1H3,(H,18,19). The summed E-state index contributed by atoms with van der Waals surface area (Å²) >= 11 is 5.78. The molecule has 2 aromatic carbocycles. The van der Waals surface area contributed by atoms with Gasteiger partial charge in [0.15, 0.2) is 0 Å². The Bertz CT molecular complexity index is 652. The van der Waals surface area contributed by atoms with Gasteiger partial charge in [0.1, 0.15) is 23.7 Å². The molecule has 0 saturated heterocycles. The van der Waals surface area contributed by atoms with Crippen molar-refractivity contribution in [1.29, 1.82) is 0 Å². The molecule has 0 saturated carbocycles. The summed E-state index contributed by atoms with van der Waals surface area (Å²) in [6.45, 7) is 2.26. The number of rotatable bonds is 4. The monoisotopic (exact) mass is 292 g/mol. The van der Waals surface area contributed by atoms with Gasteiger partial charge >= 0.3 is 5.97 Å². The molecule has 0 unspecified atom stereocenters. The first kappa shape index (κ1) is 14.2. The van der Waals surface area contributed by atoms with Crippen LogP contribution in [0.15, 0.2) is 36.4 Å². The van der Waals surface area contributed by atoms with E-state index in [4.69, 9.17) is 21.4 Å². The normalized spacial score (nSPS) is 10.3. The highest BCUT2D eigenvalue weighted by molar-refractivity contribution is 6.32. The van der Waals surface area contributed by atoms with Crippen LogP contribution in [0, 0.1) is 6.92 Å². The van der Waals surface area contributed by atoms with Gasteiger partial charge in [-0.2, -0.15) is 0 Å². The van der Waals surface area contributed by atoms with E-state index in [1.807, 2.05) is 31.2 Å². The van der Waals surface area contributed by atoms with Crippen molar-refractivity contribution in [2.45, 2.75) is 13.5 Å². The highest BCUT2D eigenvalue weighted by Gasteiger charge is 2.15. The summed E-state index contributed by atoms with van der Waals surface area (Å²) in [5.74, 6) is -1.42. The number of aryl methyl sites for hydroxylation is 1. The first-order valence-corrected chi connectivity index (χ1v) is 6.30. The lowest BCUT2D eigenvalue weighted by atomic mass is 10.1. The Balaban J connectivity index is 2.22. The average Bonchev–Trinajstić information content (AvgIpc) is 2.41. The molecule has 0 aliphatic rings. The molecule has 0 bridgehead atoms. The molecule has 20 heavy (non-hydrogen) atoms. The predicted octanol–water partition coefficient (Wildman–Crippen LogP) is 3.63. The van der Waals surface area contributed by atoms with Crippen LogP contribution >= 0.6 is 11.6 Å². The number of phenols is 1. The molecule has 4 nitrogen and oxygen atoms in total. The predicted molar refractivity (Wildman–Crippen MR) is 75.6 cm³/mol. The van der Waals surface area contributed by atoms with Crippen molar-refractivity contribution >= 4 is 17.6 Å². The van der Waals surface area contributed by atoms with Gasteiger partial charge in [-0.1, -0.05) is 35.9 Å². The van der Waals surface area contributed by atoms with E-state index in [9.17, 15) is 9.90 Å². The number of halogens is 1. The summed E-state index contributed by atoms with van der Waals surface area (Å²) in [4.78, 5) is 11.0. The maximum Gasteiger partial charge on any atom is 0.339 e. The molecular weight excluding hydrogens is 280 g/mol. The minimum Gasteiger partial charge on any atom is -0.505 e. The van der Waals surface area contributed by atoms with Gasteiger partial charge in [-0.15, -0.1) is 0 Å². The van der Waals surface area contributed by atoms with E-state index in [2.05, 4.69) is 0 Å². The van der Waals surface area contributed by atoms with E-state index < -0.39 is 11.7 Å². The van der Waals surface area contributed by atoms with Crippen LogP contribution < -0.4 is 4.74 Å². The number of hydrogen-bond donors (Lipinski definition) is 2. The topological polar surface area (TPSA) is 66.8 Å². The molecule has 0 fully saturated rings. The van der Waals surface area contributed by atoms with E-state index in [0.29, 0.717) is 12.4 Å². The fourth-order valence-corrected chi connectivity index (χ4v) is 1.96. The van der Waals surface area contributed by atoms with Gasteiger partial charge in [0, 0.05) is 6.07 Å². The minimum atomic E-state index is -1.26. The summed E-state index contributed by atoms with van der Waals surface area (Å²) in [7, 11) is 0. The smallest absolute Gasteiger partial charge is 0.339 e. The molecule has 0 atom stereocenters. The van der Waals surface area contributed by atoms with Crippen LogP contribution in [0.1, 0.15) is 21.5 Å². The highest BCUT2D eigenvalue weighted by atomic mass is 35.5. The fourth-order valence-electron chi connectivity index (χ4n) is 1.75. The van der Waals surface area contributed by atoms with Crippen molar-refractivity contribution in [2.24, 2.45) is 0 Å². The number of benzene rings is 2. The number of ether oxygens (including phenoxy) is 1. The third kappa shape index (κ3) is 3.03. The van der Waals surface area contributed by atoms with Crippen molar-refractivity contribution < 1.29 is 19.7 Å². The van der Waals surface area contributed by atoms with Crippen molar-refractivity contribution in [3.8, 4) is 11.5 Å². The Hall–Kier alpha value is -2.20. The molecule has 0 aromatic heterocycles. The fraction of sp³-hybridized carbons (Fsp3) is 0.133.